The third-order valence-corrected chi connectivity index (χ3v) is 1.31. The third-order valence-electron chi connectivity index (χ3n) is 1.31. The van der Waals surface area contributed by atoms with Crippen LogP contribution in [-0.4, -0.2) is 44.2 Å². The number of esters is 1. The van der Waals surface area contributed by atoms with Gasteiger partial charge in [0.2, 0.25) is 0 Å². The summed E-state index contributed by atoms with van der Waals surface area (Å²) in [7, 11) is 6.12. The minimum Gasteiger partial charge on any atom is -0.452 e. The predicted octanol–water partition coefficient (Wildman–Crippen LogP) is 0.810. The number of rotatable bonds is 4. The lowest BCUT2D eigenvalue weighted by Gasteiger charge is -2.27. The average molecular weight is 172 g/mol. The van der Waals surface area contributed by atoms with Crippen molar-refractivity contribution >= 4 is 5.97 Å². The number of carbonyl (C=O) groups is 1. The summed E-state index contributed by atoms with van der Waals surface area (Å²) >= 11 is 0. The second-order valence-corrected chi connectivity index (χ2v) is 3.86. The SMILES string of the molecule is C=C[C@H](C[N+](C)(C)C)OC(C)=O. The van der Waals surface area contributed by atoms with Crippen molar-refractivity contribution < 1.29 is 14.0 Å². The molecular weight excluding hydrogens is 154 g/mol. The van der Waals surface area contributed by atoms with Crippen molar-refractivity contribution in [3.63, 3.8) is 0 Å². The Morgan fingerprint density at radius 1 is 1.58 bits per heavy atom. The van der Waals surface area contributed by atoms with Gasteiger partial charge in [-0.1, -0.05) is 6.58 Å². The topological polar surface area (TPSA) is 26.3 Å². The van der Waals surface area contributed by atoms with Crippen molar-refractivity contribution in [3.8, 4) is 0 Å². The van der Waals surface area contributed by atoms with Gasteiger partial charge in [0, 0.05) is 6.92 Å². The molecule has 0 heterocycles. The van der Waals surface area contributed by atoms with Crippen LogP contribution in [0, 0.1) is 0 Å². The van der Waals surface area contributed by atoms with Crippen molar-refractivity contribution in [2.75, 3.05) is 27.7 Å². The van der Waals surface area contributed by atoms with Gasteiger partial charge in [-0.25, -0.2) is 0 Å². The highest BCUT2D eigenvalue weighted by Crippen LogP contribution is 2.00. The van der Waals surface area contributed by atoms with E-state index in [1.165, 1.54) is 6.92 Å². The molecule has 0 rings (SSSR count). The van der Waals surface area contributed by atoms with Gasteiger partial charge in [0.15, 0.2) is 6.10 Å². The number of hydrogen-bond acceptors (Lipinski definition) is 2. The van der Waals surface area contributed by atoms with Gasteiger partial charge in [0.05, 0.1) is 21.1 Å². The standard InChI is InChI=1S/C9H18NO2/c1-6-9(12-8(2)11)7-10(3,4)5/h6,9H,1,7H2,2-5H3/q+1/t9-/m1/s1. The van der Waals surface area contributed by atoms with Crippen LogP contribution in [0.1, 0.15) is 6.92 Å². The van der Waals surface area contributed by atoms with Crippen molar-refractivity contribution in [2.24, 2.45) is 0 Å². The smallest absolute Gasteiger partial charge is 0.303 e. The Kier molecular flexibility index (Phi) is 3.96. The average Bonchev–Trinajstić information content (AvgIpc) is 1.82. The van der Waals surface area contributed by atoms with E-state index in [2.05, 4.69) is 6.58 Å². The zero-order valence-electron chi connectivity index (χ0n) is 8.33. The fraction of sp³-hybridized carbons (Fsp3) is 0.667. The fourth-order valence-electron chi connectivity index (χ4n) is 0.913. The van der Waals surface area contributed by atoms with E-state index in [-0.39, 0.29) is 12.1 Å². The van der Waals surface area contributed by atoms with E-state index in [1.807, 2.05) is 21.1 Å². The normalized spacial score (nSPS) is 13.7. The van der Waals surface area contributed by atoms with Gasteiger partial charge in [0.1, 0.15) is 6.54 Å². The zero-order chi connectivity index (χ0) is 9.78. The van der Waals surface area contributed by atoms with Gasteiger partial charge < -0.3 is 9.22 Å². The molecule has 0 spiro atoms. The van der Waals surface area contributed by atoms with Gasteiger partial charge in [-0.05, 0) is 6.08 Å². The third kappa shape index (κ3) is 5.92. The Morgan fingerprint density at radius 2 is 2.08 bits per heavy atom. The summed E-state index contributed by atoms with van der Waals surface area (Å²) in [5.74, 6) is -0.256. The maximum atomic E-state index is 10.6. The highest BCUT2D eigenvalue weighted by molar-refractivity contribution is 5.66. The first-order valence-electron chi connectivity index (χ1n) is 3.95. The highest BCUT2D eigenvalue weighted by Gasteiger charge is 2.16. The molecule has 0 saturated heterocycles. The van der Waals surface area contributed by atoms with E-state index >= 15 is 0 Å². The molecule has 0 saturated carbocycles. The molecule has 0 aliphatic rings. The fourth-order valence-corrected chi connectivity index (χ4v) is 0.913. The van der Waals surface area contributed by atoms with Gasteiger partial charge in [-0.15, -0.1) is 0 Å². The molecule has 1 atom stereocenters. The molecule has 0 N–H and O–H groups in total. The Balaban J connectivity index is 4.00. The highest BCUT2D eigenvalue weighted by atomic mass is 16.5. The molecule has 12 heavy (non-hydrogen) atoms. The molecule has 3 heteroatoms. The van der Waals surface area contributed by atoms with Crippen LogP contribution in [0.5, 0.6) is 0 Å². The van der Waals surface area contributed by atoms with E-state index in [0.717, 1.165) is 11.0 Å². The lowest BCUT2D eigenvalue weighted by atomic mass is 10.3. The van der Waals surface area contributed by atoms with E-state index in [4.69, 9.17) is 4.74 Å². The Hall–Kier alpha value is -0.830. The molecule has 70 valence electrons. The number of ether oxygens (including phenoxy) is 1. The second kappa shape index (κ2) is 4.26. The van der Waals surface area contributed by atoms with Crippen LogP contribution in [-0.2, 0) is 9.53 Å². The van der Waals surface area contributed by atoms with E-state index in [0.29, 0.717) is 0 Å². The Labute approximate surface area is 74.2 Å². The molecule has 0 aromatic carbocycles. The molecule has 0 radical (unpaired) electrons. The van der Waals surface area contributed by atoms with E-state index in [9.17, 15) is 4.79 Å². The Bertz CT molecular complexity index is 170. The number of carbonyl (C=O) groups excluding carboxylic acids is 1. The lowest BCUT2D eigenvalue weighted by molar-refractivity contribution is -0.872. The number of likely N-dealkylation sites (N-methyl/N-ethyl adjacent to an activating group) is 1. The van der Waals surface area contributed by atoms with Gasteiger partial charge in [0.25, 0.3) is 0 Å². The molecular formula is C9H18NO2+. The van der Waals surface area contributed by atoms with Gasteiger partial charge in [-0.2, -0.15) is 0 Å². The number of quaternary nitrogens is 1. The summed E-state index contributed by atoms with van der Waals surface area (Å²) in [5.41, 5.74) is 0. The summed E-state index contributed by atoms with van der Waals surface area (Å²) in [6.45, 7) is 5.77. The molecule has 0 amide bonds. The monoisotopic (exact) mass is 172 g/mol. The minimum absolute atomic E-state index is 0.178. The summed E-state index contributed by atoms with van der Waals surface area (Å²) in [5, 5.41) is 0. The lowest BCUT2D eigenvalue weighted by Crippen LogP contribution is -2.42. The van der Waals surface area contributed by atoms with Crippen LogP contribution in [0.15, 0.2) is 12.7 Å². The van der Waals surface area contributed by atoms with E-state index < -0.39 is 0 Å². The maximum Gasteiger partial charge on any atom is 0.303 e. The van der Waals surface area contributed by atoms with Crippen molar-refractivity contribution in [3.05, 3.63) is 12.7 Å². The Morgan fingerprint density at radius 3 is 2.33 bits per heavy atom. The first-order chi connectivity index (χ1) is 5.35. The van der Waals surface area contributed by atoms with E-state index in [1.54, 1.807) is 6.08 Å². The molecule has 3 nitrogen and oxygen atoms in total. The van der Waals surface area contributed by atoms with Crippen LogP contribution < -0.4 is 0 Å². The zero-order valence-corrected chi connectivity index (χ0v) is 8.33. The summed E-state index contributed by atoms with van der Waals surface area (Å²) in [6.07, 6.45) is 1.48. The summed E-state index contributed by atoms with van der Waals surface area (Å²) in [4.78, 5) is 10.6. The quantitative estimate of drug-likeness (QED) is 0.356. The largest absolute Gasteiger partial charge is 0.452 e. The number of hydrogen-bond donors (Lipinski definition) is 0. The van der Waals surface area contributed by atoms with Gasteiger partial charge >= 0.3 is 5.97 Å². The van der Waals surface area contributed by atoms with Crippen LogP contribution in [0.25, 0.3) is 0 Å². The summed E-state index contributed by atoms with van der Waals surface area (Å²) in [6, 6.07) is 0. The first kappa shape index (κ1) is 11.2. The molecule has 0 aliphatic carbocycles. The van der Waals surface area contributed by atoms with Gasteiger partial charge in [-0.3, -0.25) is 4.79 Å². The molecule has 0 aromatic rings. The van der Waals surface area contributed by atoms with Crippen LogP contribution in [0.2, 0.25) is 0 Å². The predicted molar refractivity (Wildman–Crippen MR) is 48.7 cm³/mol. The van der Waals surface area contributed by atoms with Crippen molar-refractivity contribution in [2.45, 2.75) is 13.0 Å². The molecule has 0 unspecified atom stereocenters. The molecule has 0 bridgehead atoms. The number of nitrogens with zero attached hydrogens (tertiary/aromatic N) is 1. The second-order valence-electron chi connectivity index (χ2n) is 3.86. The van der Waals surface area contributed by atoms with Crippen molar-refractivity contribution in [1.29, 1.82) is 0 Å². The molecule has 0 aliphatic heterocycles. The molecule has 0 aromatic heterocycles. The van der Waals surface area contributed by atoms with Crippen LogP contribution >= 0.6 is 0 Å². The maximum absolute atomic E-state index is 10.6. The first-order valence-corrected chi connectivity index (χ1v) is 3.95. The van der Waals surface area contributed by atoms with Crippen LogP contribution in [0.3, 0.4) is 0 Å². The minimum atomic E-state index is -0.256. The summed E-state index contributed by atoms with van der Waals surface area (Å²) < 4.78 is 5.76. The van der Waals surface area contributed by atoms with Crippen molar-refractivity contribution in [1.82, 2.24) is 0 Å². The van der Waals surface area contributed by atoms with Crippen LogP contribution in [0.4, 0.5) is 0 Å². The molecule has 0 fully saturated rings.